The molecule has 1 N–H and O–H groups in total. The van der Waals surface area contributed by atoms with Gasteiger partial charge in [-0.3, -0.25) is 0 Å². The monoisotopic (exact) mass is 208 g/mol. The molecule has 2 atom stereocenters. The van der Waals surface area contributed by atoms with Crippen LogP contribution in [0.1, 0.15) is 38.9 Å². The lowest BCUT2D eigenvalue weighted by Gasteiger charge is -2.12. The van der Waals surface area contributed by atoms with E-state index in [0.29, 0.717) is 5.92 Å². The Labute approximate surface area is 91.9 Å². The molecule has 84 valence electrons. The zero-order valence-electron chi connectivity index (χ0n) is 9.73. The quantitative estimate of drug-likeness (QED) is 0.805. The Morgan fingerprint density at radius 1 is 1.33 bits per heavy atom. The van der Waals surface area contributed by atoms with Crippen LogP contribution in [0.15, 0.2) is 24.3 Å². The van der Waals surface area contributed by atoms with E-state index >= 15 is 0 Å². The number of rotatable bonds is 5. The molecule has 0 heterocycles. The van der Waals surface area contributed by atoms with E-state index in [-0.39, 0.29) is 0 Å². The van der Waals surface area contributed by atoms with Gasteiger partial charge in [0.25, 0.3) is 0 Å². The highest BCUT2D eigenvalue weighted by molar-refractivity contribution is 5.29. The molecule has 0 aliphatic rings. The molecule has 1 rings (SSSR count). The molecular weight excluding hydrogens is 188 g/mol. The zero-order chi connectivity index (χ0) is 11.3. The van der Waals surface area contributed by atoms with Gasteiger partial charge in [0.15, 0.2) is 0 Å². The lowest BCUT2D eigenvalue weighted by molar-refractivity contribution is 0.198. The van der Waals surface area contributed by atoms with E-state index in [1.165, 1.54) is 0 Å². The maximum atomic E-state index is 9.42. The smallest absolute Gasteiger partial charge is 0.119 e. The van der Waals surface area contributed by atoms with Crippen LogP contribution >= 0.6 is 0 Å². The largest absolute Gasteiger partial charge is 0.493 e. The minimum absolute atomic E-state index is 0.433. The summed E-state index contributed by atoms with van der Waals surface area (Å²) >= 11 is 0. The van der Waals surface area contributed by atoms with Crippen molar-refractivity contribution in [1.29, 1.82) is 0 Å². The molecule has 0 fully saturated rings. The van der Waals surface area contributed by atoms with Gasteiger partial charge in [0, 0.05) is 0 Å². The summed E-state index contributed by atoms with van der Waals surface area (Å²) in [4.78, 5) is 0. The van der Waals surface area contributed by atoms with Crippen molar-refractivity contribution in [1.82, 2.24) is 0 Å². The van der Waals surface area contributed by atoms with Gasteiger partial charge in [-0.2, -0.15) is 0 Å². The first kappa shape index (κ1) is 12.1. The molecule has 0 saturated heterocycles. The summed E-state index contributed by atoms with van der Waals surface area (Å²) in [5.41, 5.74) is 0.900. The summed E-state index contributed by atoms with van der Waals surface area (Å²) in [6.07, 6.45) is 0.688. The van der Waals surface area contributed by atoms with Crippen molar-refractivity contribution in [3.63, 3.8) is 0 Å². The van der Waals surface area contributed by atoms with E-state index in [4.69, 9.17) is 4.74 Å². The van der Waals surface area contributed by atoms with Gasteiger partial charge in [-0.05, 0) is 30.5 Å². The van der Waals surface area contributed by atoms with Crippen molar-refractivity contribution in [3.05, 3.63) is 29.8 Å². The third-order valence-corrected chi connectivity index (χ3v) is 2.57. The standard InChI is InChI=1S/C13H20O2/c1-4-10(2)9-15-13-7-5-6-12(8-13)11(3)14/h5-8,10-11,14H,4,9H2,1-3H3/t10?,11-/m1/s1. The van der Waals surface area contributed by atoms with Crippen LogP contribution in [0.2, 0.25) is 0 Å². The molecule has 1 aromatic rings. The van der Waals surface area contributed by atoms with Gasteiger partial charge in [-0.1, -0.05) is 32.4 Å². The van der Waals surface area contributed by atoms with Crippen molar-refractivity contribution in [3.8, 4) is 5.75 Å². The lowest BCUT2D eigenvalue weighted by atomic mass is 10.1. The zero-order valence-corrected chi connectivity index (χ0v) is 9.73. The van der Waals surface area contributed by atoms with Crippen LogP contribution in [-0.4, -0.2) is 11.7 Å². The van der Waals surface area contributed by atoms with E-state index in [1.807, 2.05) is 24.3 Å². The number of aliphatic hydroxyl groups is 1. The van der Waals surface area contributed by atoms with Crippen LogP contribution in [0.3, 0.4) is 0 Å². The van der Waals surface area contributed by atoms with Crippen LogP contribution in [0, 0.1) is 5.92 Å². The molecule has 0 aliphatic heterocycles. The molecule has 15 heavy (non-hydrogen) atoms. The van der Waals surface area contributed by atoms with Gasteiger partial charge in [-0.15, -0.1) is 0 Å². The number of hydrogen-bond donors (Lipinski definition) is 1. The Hall–Kier alpha value is -1.02. The van der Waals surface area contributed by atoms with Gasteiger partial charge in [0.1, 0.15) is 5.75 Å². The van der Waals surface area contributed by atoms with Gasteiger partial charge in [-0.25, -0.2) is 0 Å². The van der Waals surface area contributed by atoms with Crippen molar-refractivity contribution < 1.29 is 9.84 Å². The topological polar surface area (TPSA) is 29.5 Å². The van der Waals surface area contributed by atoms with Gasteiger partial charge < -0.3 is 9.84 Å². The fourth-order valence-corrected chi connectivity index (χ4v) is 1.22. The second kappa shape index (κ2) is 5.76. The van der Waals surface area contributed by atoms with Crippen LogP contribution in [0.5, 0.6) is 5.75 Å². The van der Waals surface area contributed by atoms with Gasteiger partial charge in [0.2, 0.25) is 0 Å². The maximum Gasteiger partial charge on any atom is 0.119 e. The van der Waals surface area contributed by atoms with E-state index in [0.717, 1.165) is 24.3 Å². The fourth-order valence-electron chi connectivity index (χ4n) is 1.22. The molecule has 0 saturated carbocycles. The second-order valence-electron chi connectivity index (χ2n) is 4.07. The Bertz CT molecular complexity index is 294. The molecule has 0 aliphatic carbocycles. The lowest BCUT2D eigenvalue weighted by Crippen LogP contribution is -2.07. The molecule has 0 amide bonds. The summed E-state index contributed by atoms with van der Waals surface area (Å²) < 4.78 is 5.64. The Morgan fingerprint density at radius 3 is 2.67 bits per heavy atom. The van der Waals surface area contributed by atoms with E-state index in [9.17, 15) is 5.11 Å². The highest BCUT2D eigenvalue weighted by atomic mass is 16.5. The third kappa shape index (κ3) is 3.92. The van der Waals surface area contributed by atoms with Gasteiger partial charge >= 0.3 is 0 Å². The van der Waals surface area contributed by atoms with Crippen molar-refractivity contribution in [2.45, 2.75) is 33.3 Å². The third-order valence-electron chi connectivity index (χ3n) is 2.57. The SMILES string of the molecule is CCC(C)COc1cccc([C@@H](C)O)c1. The predicted octanol–water partition coefficient (Wildman–Crippen LogP) is 3.16. The predicted molar refractivity (Wildman–Crippen MR) is 62.0 cm³/mol. The summed E-state index contributed by atoms with van der Waals surface area (Å²) in [5, 5.41) is 9.42. The van der Waals surface area contributed by atoms with Crippen LogP contribution < -0.4 is 4.74 Å². The van der Waals surface area contributed by atoms with Gasteiger partial charge in [0.05, 0.1) is 12.7 Å². The Balaban J connectivity index is 2.58. The summed E-state index contributed by atoms with van der Waals surface area (Å²) in [6, 6.07) is 7.64. The minimum Gasteiger partial charge on any atom is -0.493 e. The average molecular weight is 208 g/mol. The number of hydrogen-bond acceptors (Lipinski definition) is 2. The molecule has 2 nitrogen and oxygen atoms in total. The highest BCUT2D eigenvalue weighted by Gasteiger charge is 2.03. The normalized spacial score (nSPS) is 14.7. The molecule has 0 spiro atoms. The molecule has 1 aromatic carbocycles. The van der Waals surface area contributed by atoms with Crippen molar-refractivity contribution in [2.75, 3.05) is 6.61 Å². The highest BCUT2D eigenvalue weighted by Crippen LogP contribution is 2.19. The first-order valence-corrected chi connectivity index (χ1v) is 5.54. The summed E-state index contributed by atoms with van der Waals surface area (Å²) in [5.74, 6) is 1.41. The van der Waals surface area contributed by atoms with Crippen molar-refractivity contribution in [2.24, 2.45) is 5.92 Å². The summed E-state index contributed by atoms with van der Waals surface area (Å²) in [6.45, 7) is 6.81. The minimum atomic E-state index is -0.433. The maximum absolute atomic E-state index is 9.42. The average Bonchev–Trinajstić information content (AvgIpc) is 2.26. The first-order valence-electron chi connectivity index (χ1n) is 5.54. The van der Waals surface area contributed by atoms with Crippen LogP contribution in [-0.2, 0) is 0 Å². The van der Waals surface area contributed by atoms with E-state index in [2.05, 4.69) is 13.8 Å². The first-order chi connectivity index (χ1) is 7.13. The molecule has 2 heteroatoms. The van der Waals surface area contributed by atoms with E-state index < -0.39 is 6.10 Å². The molecule has 0 radical (unpaired) electrons. The van der Waals surface area contributed by atoms with E-state index in [1.54, 1.807) is 6.92 Å². The Morgan fingerprint density at radius 2 is 2.07 bits per heavy atom. The molecule has 1 unspecified atom stereocenters. The van der Waals surface area contributed by atoms with Crippen LogP contribution in [0.25, 0.3) is 0 Å². The number of benzene rings is 1. The molecule has 0 bridgehead atoms. The second-order valence-corrected chi connectivity index (χ2v) is 4.07. The Kier molecular flexibility index (Phi) is 4.63. The number of ether oxygens (including phenoxy) is 1. The molecular formula is C13H20O2. The summed E-state index contributed by atoms with van der Waals surface area (Å²) in [7, 11) is 0. The van der Waals surface area contributed by atoms with Crippen molar-refractivity contribution >= 4 is 0 Å². The number of aliphatic hydroxyl groups excluding tert-OH is 1. The molecule has 0 aromatic heterocycles. The fraction of sp³-hybridized carbons (Fsp3) is 0.538. The van der Waals surface area contributed by atoms with Crippen LogP contribution in [0.4, 0.5) is 0 Å².